The van der Waals surface area contributed by atoms with Crippen LogP contribution in [0.4, 0.5) is 10.1 Å². The molecule has 2 rings (SSSR count). The van der Waals surface area contributed by atoms with Gasteiger partial charge in [0.1, 0.15) is 5.82 Å². The van der Waals surface area contributed by atoms with E-state index in [0.29, 0.717) is 5.56 Å². The monoisotopic (exact) mass is 279 g/mol. The highest BCUT2D eigenvalue weighted by Crippen LogP contribution is 2.23. The molecule has 0 spiro atoms. The molecule has 0 aromatic heterocycles. The van der Waals surface area contributed by atoms with Crippen LogP contribution in [-0.4, -0.2) is 8.42 Å². The first-order chi connectivity index (χ1) is 8.88. The normalized spacial score (nSPS) is 11.5. The highest BCUT2D eigenvalue weighted by Gasteiger charge is 2.19. The molecule has 5 heteroatoms. The number of aryl methyl sites for hydroxylation is 1. The average Bonchev–Trinajstić information content (AvgIpc) is 2.31. The van der Waals surface area contributed by atoms with Crippen molar-refractivity contribution in [3.8, 4) is 0 Å². The fourth-order valence-corrected chi connectivity index (χ4v) is 3.37. The molecule has 0 bridgehead atoms. The van der Waals surface area contributed by atoms with Crippen LogP contribution in [0.3, 0.4) is 0 Å². The SMILES string of the molecule is Cc1cccc(CS(=O)(=O)c2cc(F)ccc2N)c1. The van der Waals surface area contributed by atoms with E-state index in [2.05, 4.69) is 0 Å². The number of rotatable bonds is 3. The van der Waals surface area contributed by atoms with Crippen molar-refractivity contribution >= 4 is 15.5 Å². The minimum Gasteiger partial charge on any atom is -0.398 e. The summed E-state index contributed by atoms with van der Waals surface area (Å²) in [5.74, 6) is -0.806. The number of sulfone groups is 1. The minimum absolute atomic E-state index is 0.0639. The van der Waals surface area contributed by atoms with Crippen LogP contribution in [0.2, 0.25) is 0 Å². The summed E-state index contributed by atoms with van der Waals surface area (Å²) in [6, 6.07) is 10.5. The lowest BCUT2D eigenvalue weighted by atomic mass is 10.2. The highest BCUT2D eigenvalue weighted by molar-refractivity contribution is 7.90. The third-order valence-corrected chi connectivity index (χ3v) is 4.49. The van der Waals surface area contributed by atoms with Crippen LogP contribution in [0, 0.1) is 12.7 Å². The third kappa shape index (κ3) is 3.12. The zero-order chi connectivity index (χ0) is 14.0. The van der Waals surface area contributed by atoms with Crippen LogP contribution >= 0.6 is 0 Å². The van der Waals surface area contributed by atoms with E-state index >= 15 is 0 Å². The summed E-state index contributed by atoms with van der Waals surface area (Å²) in [4.78, 5) is -0.158. The third-order valence-electron chi connectivity index (χ3n) is 2.75. The molecule has 0 fully saturated rings. The fraction of sp³-hybridized carbons (Fsp3) is 0.143. The Morgan fingerprint density at radius 2 is 1.89 bits per heavy atom. The van der Waals surface area contributed by atoms with Crippen LogP contribution in [0.1, 0.15) is 11.1 Å². The van der Waals surface area contributed by atoms with Crippen molar-refractivity contribution in [1.29, 1.82) is 0 Å². The smallest absolute Gasteiger partial charge is 0.184 e. The van der Waals surface area contributed by atoms with Gasteiger partial charge >= 0.3 is 0 Å². The van der Waals surface area contributed by atoms with Gasteiger partial charge in [0.25, 0.3) is 0 Å². The van der Waals surface area contributed by atoms with E-state index in [1.807, 2.05) is 13.0 Å². The molecule has 0 radical (unpaired) electrons. The molecule has 0 aliphatic carbocycles. The van der Waals surface area contributed by atoms with Gasteiger partial charge < -0.3 is 5.73 Å². The predicted octanol–water partition coefficient (Wildman–Crippen LogP) is 2.69. The van der Waals surface area contributed by atoms with Crippen molar-refractivity contribution in [3.05, 3.63) is 59.4 Å². The Bertz CT molecular complexity index is 711. The molecule has 3 nitrogen and oxygen atoms in total. The van der Waals surface area contributed by atoms with Crippen LogP contribution in [0.5, 0.6) is 0 Å². The van der Waals surface area contributed by atoms with E-state index in [4.69, 9.17) is 5.73 Å². The average molecular weight is 279 g/mol. The zero-order valence-corrected chi connectivity index (χ0v) is 11.2. The Balaban J connectivity index is 2.40. The molecule has 0 heterocycles. The number of nitrogen functional groups attached to an aromatic ring is 1. The first-order valence-electron chi connectivity index (χ1n) is 5.72. The largest absolute Gasteiger partial charge is 0.398 e. The van der Waals surface area contributed by atoms with Gasteiger partial charge in [-0.15, -0.1) is 0 Å². The van der Waals surface area contributed by atoms with Crippen molar-refractivity contribution in [3.63, 3.8) is 0 Å². The van der Waals surface area contributed by atoms with Crippen LogP contribution < -0.4 is 5.73 Å². The maximum Gasteiger partial charge on any atom is 0.184 e. The Hall–Kier alpha value is -1.88. The number of benzene rings is 2. The molecule has 0 unspecified atom stereocenters. The second kappa shape index (κ2) is 5.01. The molecule has 0 saturated heterocycles. The molecule has 0 saturated carbocycles. The second-order valence-electron chi connectivity index (χ2n) is 4.43. The lowest BCUT2D eigenvalue weighted by Crippen LogP contribution is -2.08. The van der Waals surface area contributed by atoms with E-state index in [9.17, 15) is 12.8 Å². The highest BCUT2D eigenvalue weighted by atomic mass is 32.2. The van der Waals surface area contributed by atoms with Gasteiger partial charge in [-0.05, 0) is 30.7 Å². The standard InChI is InChI=1S/C14H14FNO2S/c1-10-3-2-4-11(7-10)9-19(17,18)14-8-12(15)5-6-13(14)16/h2-8H,9,16H2,1H3. The molecular weight excluding hydrogens is 265 g/mol. The lowest BCUT2D eigenvalue weighted by molar-refractivity contribution is 0.590. The van der Waals surface area contributed by atoms with Gasteiger partial charge in [0.15, 0.2) is 9.84 Å². The molecule has 19 heavy (non-hydrogen) atoms. The summed E-state index contributed by atoms with van der Waals surface area (Å²) < 4.78 is 37.6. The molecular formula is C14H14FNO2S. The van der Waals surface area contributed by atoms with Crippen molar-refractivity contribution in [2.45, 2.75) is 17.6 Å². The summed E-state index contributed by atoms with van der Waals surface area (Å²) in [7, 11) is -3.65. The summed E-state index contributed by atoms with van der Waals surface area (Å²) in [6.45, 7) is 1.88. The van der Waals surface area contributed by atoms with Gasteiger partial charge in [-0.25, -0.2) is 12.8 Å². The molecule has 2 aromatic carbocycles. The first kappa shape index (κ1) is 13.5. The van der Waals surface area contributed by atoms with Gasteiger partial charge in [0.2, 0.25) is 0 Å². The Morgan fingerprint density at radius 1 is 1.16 bits per heavy atom. The number of hydrogen-bond acceptors (Lipinski definition) is 3. The van der Waals surface area contributed by atoms with E-state index in [1.165, 1.54) is 6.07 Å². The Morgan fingerprint density at radius 3 is 2.58 bits per heavy atom. The molecule has 2 N–H and O–H groups in total. The maximum absolute atomic E-state index is 13.2. The second-order valence-corrected chi connectivity index (χ2v) is 6.39. The van der Waals surface area contributed by atoms with Gasteiger partial charge in [0, 0.05) is 0 Å². The quantitative estimate of drug-likeness (QED) is 0.879. The van der Waals surface area contributed by atoms with E-state index in [0.717, 1.165) is 17.7 Å². The molecule has 0 aliphatic heterocycles. The molecule has 0 aliphatic rings. The lowest BCUT2D eigenvalue weighted by Gasteiger charge is -2.08. The van der Waals surface area contributed by atoms with E-state index in [-0.39, 0.29) is 16.3 Å². The van der Waals surface area contributed by atoms with Gasteiger partial charge in [-0.2, -0.15) is 0 Å². The van der Waals surface area contributed by atoms with Crippen LogP contribution in [-0.2, 0) is 15.6 Å². The van der Waals surface area contributed by atoms with Gasteiger partial charge in [-0.3, -0.25) is 0 Å². The fourth-order valence-electron chi connectivity index (χ4n) is 1.88. The van der Waals surface area contributed by atoms with E-state index < -0.39 is 15.7 Å². The topological polar surface area (TPSA) is 60.2 Å². The minimum atomic E-state index is -3.65. The van der Waals surface area contributed by atoms with Gasteiger partial charge in [0.05, 0.1) is 16.3 Å². The number of hydrogen-bond donors (Lipinski definition) is 1. The summed E-state index contributed by atoms with van der Waals surface area (Å²) in [5, 5.41) is 0. The predicted molar refractivity (Wildman–Crippen MR) is 72.9 cm³/mol. The van der Waals surface area contributed by atoms with Crippen molar-refractivity contribution in [2.75, 3.05) is 5.73 Å². The Kier molecular flexibility index (Phi) is 3.57. The molecule has 0 atom stereocenters. The zero-order valence-electron chi connectivity index (χ0n) is 10.4. The summed E-state index contributed by atoms with van der Waals surface area (Å²) in [5.41, 5.74) is 7.31. The summed E-state index contributed by atoms with van der Waals surface area (Å²) >= 11 is 0. The number of anilines is 1. The number of halogens is 1. The molecule has 2 aromatic rings. The van der Waals surface area contributed by atoms with Crippen molar-refractivity contribution < 1.29 is 12.8 Å². The molecule has 100 valence electrons. The van der Waals surface area contributed by atoms with Crippen LogP contribution in [0.15, 0.2) is 47.4 Å². The first-order valence-corrected chi connectivity index (χ1v) is 7.37. The van der Waals surface area contributed by atoms with E-state index in [1.54, 1.807) is 18.2 Å². The number of nitrogens with two attached hydrogens (primary N) is 1. The summed E-state index contributed by atoms with van der Waals surface area (Å²) in [6.07, 6.45) is 0. The van der Waals surface area contributed by atoms with Gasteiger partial charge in [-0.1, -0.05) is 29.8 Å². The molecule has 0 amide bonds. The van der Waals surface area contributed by atoms with Crippen molar-refractivity contribution in [1.82, 2.24) is 0 Å². The van der Waals surface area contributed by atoms with Crippen molar-refractivity contribution in [2.24, 2.45) is 0 Å². The van der Waals surface area contributed by atoms with Crippen LogP contribution in [0.25, 0.3) is 0 Å². The Labute approximate surface area is 111 Å². The maximum atomic E-state index is 13.2.